The number of hydrogen-bond donors (Lipinski definition) is 1. The van der Waals surface area contributed by atoms with Gasteiger partial charge in [0.25, 0.3) is 0 Å². The van der Waals surface area contributed by atoms with Crippen LogP contribution < -0.4 is 10.2 Å². The molecule has 1 unspecified atom stereocenters. The molecule has 3 aliphatic rings. The number of nitrogens with zero attached hydrogens (tertiary/aromatic N) is 4. The first-order valence-corrected chi connectivity index (χ1v) is 11.0. The summed E-state index contributed by atoms with van der Waals surface area (Å²) in [6, 6.07) is 0. The fourth-order valence-corrected chi connectivity index (χ4v) is 5.17. The first kappa shape index (κ1) is 18.0. The van der Waals surface area contributed by atoms with Crippen molar-refractivity contribution in [3.8, 4) is 0 Å². The van der Waals surface area contributed by atoms with E-state index in [2.05, 4.69) is 27.4 Å². The average Bonchev–Trinajstić information content (AvgIpc) is 3.44. The fraction of sp³-hybridized carbons (Fsp3) is 0.789. The normalized spacial score (nSPS) is 26.4. The number of likely N-dealkylation sites (tertiary alicyclic amines) is 1. The van der Waals surface area contributed by atoms with Crippen molar-refractivity contribution in [3.05, 3.63) is 11.1 Å². The highest BCUT2D eigenvalue weighted by atomic mass is 32.1. The lowest BCUT2D eigenvalue weighted by atomic mass is 9.87. The Hall–Kier alpha value is -1.34. The number of aromatic nitrogens is 1. The van der Waals surface area contributed by atoms with Crippen LogP contribution in [0.1, 0.15) is 38.3 Å². The van der Waals surface area contributed by atoms with Crippen LogP contribution in [-0.2, 0) is 11.2 Å². The van der Waals surface area contributed by atoms with Crippen molar-refractivity contribution in [2.75, 3.05) is 57.4 Å². The van der Waals surface area contributed by atoms with E-state index in [-0.39, 0.29) is 0 Å². The molecule has 1 aromatic rings. The second-order valence-corrected chi connectivity index (χ2v) is 8.61. The Balaban J connectivity index is 1.33. The summed E-state index contributed by atoms with van der Waals surface area (Å²) in [4.78, 5) is 14.5. The van der Waals surface area contributed by atoms with Gasteiger partial charge in [-0.25, -0.2) is 4.98 Å². The van der Waals surface area contributed by atoms with Crippen molar-refractivity contribution in [2.45, 2.75) is 39.0 Å². The molecule has 1 N–H and O–H groups in total. The molecule has 0 amide bonds. The zero-order valence-corrected chi connectivity index (χ0v) is 16.7. The highest BCUT2D eigenvalue weighted by molar-refractivity contribution is 7.13. The lowest BCUT2D eigenvalue weighted by Gasteiger charge is -2.24. The second-order valence-electron chi connectivity index (χ2n) is 7.78. The molecule has 3 aliphatic heterocycles. The molecule has 4 rings (SSSR count). The maximum Gasteiger partial charge on any atom is 0.193 e. The molecule has 4 heterocycles. The number of thiazole rings is 1. The molecule has 3 fully saturated rings. The molecule has 0 saturated carbocycles. The van der Waals surface area contributed by atoms with Gasteiger partial charge in [-0.2, -0.15) is 0 Å². The molecule has 0 aliphatic carbocycles. The van der Waals surface area contributed by atoms with Gasteiger partial charge in [-0.1, -0.05) is 0 Å². The number of nitrogens with one attached hydrogen (secondary N) is 1. The van der Waals surface area contributed by atoms with Gasteiger partial charge in [-0.15, -0.1) is 11.3 Å². The van der Waals surface area contributed by atoms with Crippen LogP contribution in [0.2, 0.25) is 0 Å². The summed E-state index contributed by atoms with van der Waals surface area (Å²) in [6.07, 6.45) is 5.94. The molecule has 1 spiro atoms. The molecule has 3 saturated heterocycles. The predicted molar refractivity (Wildman–Crippen MR) is 107 cm³/mol. The van der Waals surface area contributed by atoms with Crippen LogP contribution >= 0.6 is 11.3 Å². The topological polar surface area (TPSA) is 53.0 Å². The van der Waals surface area contributed by atoms with Crippen molar-refractivity contribution < 1.29 is 4.74 Å². The monoisotopic (exact) mass is 377 g/mol. The predicted octanol–water partition coefficient (Wildman–Crippen LogP) is 2.36. The van der Waals surface area contributed by atoms with E-state index in [0.29, 0.717) is 5.41 Å². The first-order valence-electron chi connectivity index (χ1n) is 10.1. The number of rotatable bonds is 5. The first-order chi connectivity index (χ1) is 12.8. The van der Waals surface area contributed by atoms with E-state index >= 15 is 0 Å². The number of guanidine groups is 1. The van der Waals surface area contributed by atoms with Crippen molar-refractivity contribution >= 4 is 22.4 Å². The Labute approximate surface area is 160 Å². The van der Waals surface area contributed by atoms with E-state index in [1.807, 2.05) is 0 Å². The van der Waals surface area contributed by atoms with E-state index < -0.39 is 0 Å². The molecule has 0 aromatic carbocycles. The van der Waals surface area contributed by atoms with Crippen LogP contribution in [0.25, 0.3) is 0 Å². The van der Waals surface area contributed by atoms with Gasteiger partial charge in [0, 0.05) is 63.1 Å². The maximum atomic E-state index is 5.66. The van der Waals surface area contributed by atoms with E-state index in [9.17, 15) is 0 Å². The molecular weight excluding hydrogens is 346 g/mol. The smallest absolute Gasteiger partial charge is 0.193 e. The average molecular weight is 378 g/mol. The Morgan fingerprint density at radius 3 is 3.00 bits per heavy atom. The van der Waals surface area contributed by atoms with Gasteiger partial charge < -0.3 is 19.9 Å². The highest BCUT2D eigenvalue weighted by Gasteiger charge is 2.42. The van der Waals surface area contributed by atoms with E-state index in [0.717, 1.165) is 64.9 Å². The summed E-state index contributed by atoms with van der Waals surface area (Å²) >= 11 is 1.78. The van der Waals surface area contributed by atoms with Crippen LogP contribution in [0.3, 0.4) is 0 Å². The minimum absolute atomic E-state index is 0.371. The quantitative estimate of drug-likeness (QED) is 0.631. The van der Waals surface area contributed by atoms with E-state index in [1.54, 1.807) is 11.3 Å². The summed E-state index contributed by atoms with van der Waals surface area (Å²) in [5.41, 5.74) is 1.55. The Morgan fingerprint density at radius 1 is 1.35 bits per heavy atom. The fourth-order valence-electron chi connectivity index (χ4n) is 4.25. The molecule has 0 bridgehead atoms. The Bertz CT molecular complexity index is 619. The Morgan fingerprint density at radius 2 is 2.23 bits per heavy atom. The van der Waals surface area contributed by atoms with Gasteiger partial charge in [-0.3, -0.25) is 4.99 Å². The SMILES string of the molecule is CCNC(=NCCc1csc(N2CCCC2)n1)N1CCC2(CCOC2)C1. The van der Waals surface area contributed by atoms with Crippen LogP contribution in [0, 0.1) is 5.41 Å². The van der Waals surface area contributed by atoms with Crippen molar-refractivity contribution in [1.29, 1.82) is 0 Å². The zero-order valence-electron chi connectivity index (χ0n) is 15.9. The van der Waals surface area contributed by atoms with Gasteiger partial charge in [0.2, 0.25) is 0 Å². The van der Waals surface area contributed by atoms with E-state index in [1.165, 1.54) is 36.5 Å². The summed E-state index contributed by atoms with van der Waals surface area (Å²) in [5, 5.41) is 6.87. The number of hydrogen-bond acceptors (Lipinski definition) is 5. The van der Waals surface area contributed by atoms with Gasteiger partial charge in [-0.05, 0) is 32.6 Å². The third-order valence-electron chi connectivity index (χ3n) is 5.80. The van der Waals surface area contributed by atoms with Gasteiger partial charge in [0.1, 0.15) is 0 Å². The van der Waals surface area contributed by atoms with E-state index in [4.69, 9.17) is 14.7 Å². The van der Waals surface area contributed by atoms with Gasteiger partial charge >= 0.3 is 0 Å². The lowest BCUT2D eigenvalue weighted by molar-refractivity contribution is 0.156. The molecule has 0 radical (unpaired) electrons. The molecular formula is C19H31N5OS. The minimum atomic E-state index is 0.371. The highest BCUT2D eigenvalue weighted by Crippen LogP contribution is 2.38. The molecule has 6 nitrogen and oxygen atoms in total. The number of ether oxygens (including phenoxy) is 1. The third kappa shape index (κ3) is 3.98. The molecule has 144 valence electrons. The number of anilines is 1. The van der Waals surface area contributed by atoms with Crippen molar-refractivity contribution in [2.24, 2.45) is 10.4 Å². The molecule has 26 heavy (non-hydrogen) atoms. The molecule has 7 heteroatoms. The van der Waals surface area contributed by atoms with Crippen LogP contribution in [0.4, 0.5) is 5.13 Å². The van der Waals surface area contributed by atoms with Crippen molar-refractivity contribution in [1.82, 2.24) is 15.2 Å². The van der Waals surface area contributed by atoms with Crippen LogP contribution in [0.5, 0.6) is 0 Å². The van der Waals surface area contributed by atoms with Gasteiger partial charge in [0.15, 0.2) is 11.1 Å². The van der Waals surface area contributed by atoms with Gasteiger partial charge in [0.05, 0.1) is 12.3 Å². The third-order valence-corrected chi connectivity index (χ3v) is 6.75. The standard InChI is InChI=1S/C19H31N5OS/c1-2-20-17(24-11-6-19(14-24)7-12-25-15-19)21-8-5-16-13-26-18(22-16)23-9-3-4-10-23/h13H,2-12,14-15H2,1H3,(H,20,21). The maximum absolute atomic E-state index is 5.66. The zero-order chi connectivity index (χ0) is 17.8. The summed E-state index contributed by atoms with van der Waals surface area (Å²) in [6.45, 7) is 10.2. The van der Waals surface area contributed by atoms with Crippen LogP contribution in [-0.4, -0.2) is 68.3 Å². The Kier molecular flexibility index (Phi) is 5.64. The largest absolute Gasteiger partial charge is 0.381 e. The summed E-state index contributed by atoms with van der Waals surface area (Å²) in [7, 11) is 0. The van der Waals surface area contributed by atoms with Crippen molar-refractivity contribution in [3.63, 3.8) is 0 Å². The minimum Gasteiger partial charge on any atom is -0.381 e. The second kappa shape index (κ2) is 8.13. The van der Waals surface area contributed by atoms with Crippen LogP contribution in [0.15, 0.2) is 10.4 Å². The summed E-state index contributed by atoms with van der Waals surface area (Å²) in [5.74, 6) is 1.06. The molecule has 1 aromatic heterocycles. The number of aliphatic imine (C=N–C) groups is 1. The lowest BCUT2D eigenvalue weighted by Crippen LogP contribution is -2.41. The molecule has 1 atom stereocenters. The summed E-state index contributed by atoms with van der Waals surface area (Å²) < 4.78 is 5.66.